The van der Waals surface area contributed by atoms with Gasteiger partial charge < -0.3 is 15.0 Å². The predicted octanol–water partition coefficient (Wildman–Crippen LogP) is 0.537. The molecule has 1 heterocycles. The summed E-state index contributed by atoms with van der Waals surface area (Å²) >= 11 is 0. The van der Waals surface area contributed by atoms with Crippen molar-refractivity contribution in [2.75, 3.05) is 13.7 Å². The van der Waals surface area contributed by atoms with Gasteiger partial charge in [-0.05, 0) is 39.0 Å². The molecule has 18 heavy (non-hydrogen) atoms. The van der Waals surface area contributed by atoms with E-state index in [2.05, 4.69) is 5.32 Å². The van der Waals surface area contributed by atoms with Crippen molar-refractivity contribution in [2.45, 2.75) is 51.2 Å². The number of carbonyl (C=O) groups excluding carboxylic acids is 2. The molecule has 2 amide bonds. The fourth-order valence-corrected chi connectivity index (χ4v) is 2.59. The monoisotopic (exact) mass is 254 g/mol. The summed E-state index contributed by atoms with van der Waals surface area (Å²) in [5.41, 5.74) is 0. The van der Waals surface area contributed by atoms with Crippen molar-refractivity contribution in [2.24, 2.45) is 5.92 Å². The molecule has 1 saturated heterocycles. The molecule has 3 atom stereocenters. The molecule has 1 N–H and O–H groups in total. The molecule has 0 bridgehead atoms. The average molecular weight is 254 g/mol. The van der Waals surface area contributed by atoms with Gasteiger partial charge in [-0.1, -0.05) is 0 Å². The fraction of sp³-hybridized carbons (Fsp3) is 0.846. The van der Waals surface area contributed by atoms with Crippen molar-refractivity contribution in [3.8, 4) is 0 Å². The van der Waals surface area contributed by atoms with Gasteiger partial charge in [0.2, 0.25) is 11.8 Å². The normalized spacial score (nSPS) is 30.3. The third-order valence-corrected chi connectivity index (χ3v) is 3.92. The van der Waals surface area contributed by atoms with Crippen molar-refractivity contribution in [1.82, 2.24) is 10.2 Å². The molecule has 102 valence electrons. The Morgan fingerprint density at radius 2 is 2.11 bits per heavy atom. The van der Waals surface area contributed by atoms with Crippen LogP contribution in [0.4, 0.5) is 0 Å². The van der Waals surface area contributed by atoms with Gasteiger partial charge in [0.05, 0.1) is 0 Å². The second kappa shape index (κ2) is 5.26. The summed E-state index contributed by atoms with van der Waals surface area (Å²) < 4.78 is 5.05. The second-order valence-corrected chi connectivity index (χ2v) is 5.38. The van der Waals surface area contributed by atoms with Gasteiger partial charge in [-0.3, -0.25) is 9.59 Å². The van der Waals surface area contributed by atoms with Gasteiger partial charge >= 0.3 is 0 Å². The van der Waals surface area contributed by atoms with E-state index in [0.29, 0.717) is 12.5 Å². The lowest BCUT2D eigenvalue weighted by Gasteiger charge is -2.41. The number of methoxy groups -OCH3 is 1. The van der Waals surface area contributed by atoms with Crippen molar-refractivity contribution in [3.63, 3.8) is 0 Å². The van der Waals surface area contributed by atoms with Gasteiger partial charge in [0.25, 0.3) is 0 Å². The molecule has 0 aromatic carbocycles. The van der Waals surface area contributed by atoms with Crippen LogP contribution in [0.5, 0.6) is 0 Å². The Morgan fingerprint density at radius 3 is 2.67 bits per heavy atom. The maximum Gasteiger partial charge on any atom is 0.246 e. The highest BCUT2D eigenvalue weighted by molar-refractivity contribution is 5.97. The first-order valence-corrected chi connectivity index (χ1v) is 6.67. The third-order valence-electron chi connectivity index (χ3n) is 3.92. The number of nitrogens with one attached hydrogen (secondary N) is 1. The number of amides is 2. The molecule has 1 saturated carbocycles. The quantitative estimate of drug-likeness (QED) is 0.779. The lowest BCUT2D eigenvalue weighted by molar-refractivity contribution is -0.152. The van der Waals surface area contributed by atoms with Crippen LogP contribution in [-0.2, 0) is 14.3 Å². The third kappa shape index (κ3) is 2.51. The van der Waals surface area contributed by atoms with Crippen molar-refractivity contribution in [3.05, 3.63) is 0 Å². The summed E-state index contributed by atoms with van der Waals surface area (Å²) in [5.74, 6) is 0.398. The van der Waals surface area contributed by atoms with Gasteiger partial charge in [0.1, 0.15) is 12.1 Å². The van der Waals surface area contributed by atoms with Crippen molar-refractivity contribution < 1.29 is 14.3 Å². The summed E-state index contributed by atoms with van der Waals surface area (Å²) in [4.78, 5) is 26.1. The minimum absolute atomic E-state index is 0.0317. The molecule has 2 fully saturated rings. The maximum atomic E-state index is 12.4. The Bertz CT molecular complexity index is 341. The van der Waals surface area contributed by atoms with Gasteiger partial charge in [0, 0.05) is 19.8 Å². The van der Waals surface area contributed by atoms with Crippen LogP contribution in [0, 0.1) is 5.92 Å². The molecule has 0 radical (unpaired) electrons. The van der Waals surface area contributed by atoms with E-state index in [-0.39, 0.29) is 29.9 Å². The van der Waals surface area contributed by atoms with Crippen LogP contribution in [0.15, 0.2) is 0 Å². The molecule has 0 aromatic heterocycles. The number of nitrogens with zero attached hydrogens (tertiary/aromatic N) is 1. The van der Waals surface area contributed by atoms with Crippen LogP contribution in [0.3, 0.4) is 0 Å². The number of piperazine rings is 1. The molecule has 0 aromatic rings. The van der Waals surface area contributed by atoms with E-state index >= 15 is 0 Å². The number of hydrogen-bond acceptors (Lipinski definition) is 3. The molecule has 5 nitrogen and oxygen atoms in total. The Kier molecular flexibility index (Phi) is 3.90. The van der Waals surface area contributed by atoms with Crippen LogP contribution < -0.4 is 5.32 Å². The van der Waals surface area contributed by atoms with Crippen LogP contribution in [0.25, 0.3) is 0 Å². The number of rotatable bonds is 5. The maximum absolute atomic E-state index is 12.4. The summed E-state index contributed by atoms with van der Waals surface area (Å²) in [6.07, 6.45) is 2.86. The minimum atomic E-state index is -0.376. The van der Waals surface area contributed by atoms with Gasteiger partial charge in [-0.25, -0.2) is 0 Å². The second-order valence-electron chi connectivity index (χ2n) is 5.38. The van der Waals surface area contributed by atoms with Crippen molar-refractivity contribution in [1.29, 1.82) is 0 Å². The Hall–Kier alpha value is -1.10. The highest BCUT2D eigenvalue weighted by atomic mass is 16.5. The molecule has 5 heteroatoms. The SMILES string of the molecule is COCCC(C)N1C(=O)C(C2CC2)NC(=O)C1C. The molecule has 1 aliphatic carbocycles. The van der Waals surface area contributed by atoms with Crippen LogP contribution >= 0.6 is 0 Å². The van der Waals surface area contributed by atoms with E-state index in [1.807, 2.05) is 6.92 Å². The first kappa shape index (κ1) is 13.3. The zero-order valence-electron chi connectivity index (χ0n) is 11.3. The van der Waals surface area contributed by atoms with E-state index in [0.717, 1.165) is 19.3 Å². The first-order valence-electron chi connectivity index (χ1n) is 6.67. The molecule has 2 aliphatic rings. The Morgan fingerprint density at radius 1 is 1.44 bits per heavy atom. The largest absolute Gasteiger partial charge is 0.385 e. The zero-order chi connectivity index (χ0) is 13.3. The number of carbonyl (C=O) groups is 2. The molecule has 2 rings (SSSR count). The summed E-state index contributed by atoms with van der Waals surface area (Å²) in [6, 6.07) is -0.627. The lowest BCUT2D eigenvalue weighted by Crippen LogP contribution is -2.65. The van der Waals surface area contributed by atoms with E-state index in [1.165, 1.54) is 0 Å². The van der Waals surface area contributed by atoms with Gasteiger partial charge in [0.15, 0.2) is 0 Å². The summed E-state index contributed by atoms with van der Waals surface area (Å²) in [6.45, 7) is 4.38. The number of hydrogen-bond donors (Lipinski definition) is 1. The van der Waals surface area contributed by atoms with E-state index in [9.17, 15) is 9.59 Å². The fourth-order valence-electron chi connectivity index (χ4n) is 2.59. The molecule has 3 unspecified atom stereocenters. The minimum Gasteiger partial charge on any atom is -0.385 e. The predicted molar refractivity (Wildman–Crippen MR) is 66.9 cm³/mol. The van der Waals surface area contributed by atoms with E-state index < -0.39 is 0 Å². The zero-order valence-corrected chi connectivity index (χ0v) is 11.3. The Balaban J connectivity index is 2.08. The highest BCUT2D eigenvalue weighted by Crippen LogP contribution is 2.35. The highest BCUT2D eigenvalue weighted by Gasteiger charge is 2.46. The van der Waals surface area contributed by atoms with Gasteiger partial charge in [-0.2, -0.15) is 0 Å². The standard InChI is InChI=1S/C13H22N2O3/c1-8(6-7-18-3)15-9(2)12(16)14-11(13(15)17)10-4-5-10/h8-11H,4-7H2,1-3H3,(H,14,16). The molecule has 1 aliphatic heterocycles. The number of ether oxygens (including phenoxy) is 1. The van der Waals surface area contributed by atoms with Gasteiger partial charge in [-0.15, -0.1) is 0 Å². The summed E-state index contributed by atoms with van der Waals surface area (Å²) in [5, 5.41) is 2.86. The summed E-state index contributed by atoms with van der Waals surface area (Å²) in [7, 11) is 1.65. The lowest BCUT2D eigenvalue weighted by atomic mass is 10.0. The molecular weight excluding hydrogens is 232 g/mol. The van der Waals surface area contributed by atoms with Crippen LogP contribution in [0.2, 0.25) is 0 Å². The van der Waals surface area contributed by atoms with E-state index in [4.69, 9.17) is 4.74 Å². The van der Waals surface area contributed by atoms with Crippen LogP contribution in [-0.4, -0.2) is 48.6 Å². The van der Waals surface area contributed by atoms with E-state index in [1.54, 1.807) is 18.9 Å². The topological polar surface area (TPSA) is 58.6 Å². The van der Waals surface area contributed by atoms with Crippen molar-refractivity contribution >= 4 is 11.8 Å². The smallest absolute Gasteiger partial charge is 0.246 e. The average Bonchev–Trinajstić information content (AvgIpc) is 3.15. The van der Waals surface area contributed by atoms with Crippen LogP contribution in [0.1, 0.15) is 33.1 Å². The first-order chi connectivity index (χ1) is 8.56. The molecular formula is C13H22N2O3. The Labute approximate surface area is 108 Å². The molecule has 0 spiro atoms.